The number of carbonyl (C=O) groups is 2. The van der Waals surface area contributed by atoms with E-state index in [2.05, 4.69) is 15.3 Å². The molecule has 2 aromatic rings. The maximum atomic E-state index is 11.7. The number of rotatable bonds is 5. The van der Waals surface area contributed by atoms with Gasteiger partial charge in [-0.05, 0) is 18.6 Å². The molecule has 0 saturated carbocycles. The van der Waals surface area contributed by atoms with Gasteiger partial charge in [0.15, 0.2) is 5.69 Å². The highest BCUT2D eigenvalue weighted by Crippen LogP contribution is 2.24. The Balaban J connectivity index is 2.21. The second kappa shape index (κ2) is 6.66. The minimum Gasteiger partial charge on any atom is -0.505 e. The lowest BCUT2D eigenvalue weighted by atomic mass is 10.1. The first-order valence-electron chi connectivity index (χ1n) is 6.65. The van der Waals surface area contributed by atoms with Gasteiger partial charge in [-0.2, -0.15) is 0 Å². The summed E-state index contributed by atoms with van der Waals surface area (Å²) in [5.74, 6) is -2.24. The van der Waals surface area contributed by atoms with Crippen LogP contribution in [0.4, 0.5) is 0 Å². The molecule has 7 nitrogen and oxygen atoms in total. The summed E-state index contributed by atoms with van der Waals surface area (Å²) in [5.41, 5.74) is 2.11. The van der Waals surface area contributed by atoms with Crippen molar-refractivity contribution in [1.82, 2.24) is 15.3 Å². The predicted octanol–water partition coefficient (Wildman–Crippen LogP) is 1.23. The number of aromatic hydroxyl groups is 1. The van der Waals surface area contributed by atoms with Gasteiger partial charge in [0.2, 0.25) is 0 Å². The number of aryl methyl sites for hydroxylation is 1. The fourth-order valence-corrected chi connectivity index (χ4v) is 1.83. The van der Waals surface area contributed by atoms with Crippen LogP contribution in [-0.2, 0) is 11.2 Å². The molecule has 0 aromatic carbocycles. The smallest absolute Gasteiger partial charge is 0.322 e. The third kappa shape index (κ3) is 3.57. The highest BCUT2D eigenvalue weighted by molar-refractivity contribution is 5.96. The fraction of sp³-hybridized carbons (Fsp3) is 0.200. The first kappa shape index (κ1) is 15.4. The number of amides is 1. The molecule has 1 amide bonds. The molecule has 0 spiro atoms. The molecular weight excluding hydrogens is 286 g/mol. The van der Waals surface area contributed by atoms with E-state index >= 15 is 0 Å². The Morgan fingerprint density at radius 2 is 1.91 bits per heavy atom. The Morgan fingerprint density at radius 1 is 1.18 bits per heavy atom. The van der Waals surface area contributed by atoms with Crippen molar-refractivity contribution in [3.63, 3.8) is 0 Å². The van der Waals surface area contributed by atoms with E-state index in [1.807, 2.05) is 19.1 Å². The minimum absolute atomic E-state index is 0.219. The van der Waals surface area contributed by atoms with E-state index in [0.717, 1.165) is 17.7 Å². The lowest BCUT2D eigenvalue weighted by molar-refractivity contribution is -0.135. The maximum Gasteiger partial charge on any atom is 0.322 e. The number of nitrogens with zero attached hydrogens (tertiary/aromatic N) is 2. The fourth-order valence-electron chi connectivity index (χ4n) is 1.83. The predicted molar refractivity (Wildman–Crippen MR) is 78.5 cm³/mol. The molecule has 0 unspecified atom stereocenters. The highest BCUT2D eigenvalue weighted by atomic mass is 16.4. The molecule has 0 bridgehead atoms. The quantitative estimate of drug-likeness (QED) is 0.765. The molecule has 2 heterocycles. The second-order valence-electron chi connectivity index (χ2n) is 4.56. The molecule has 0 saturated heterocycles. The average Bonchev–Trinajstić information content (AvgIpc) is 2.52. The Kier molecular flexibility index (Phi) is 4.67. The lowest BCUT2D eigenvalue weighted by Crippen LogP contribution is -2.29. The lowest BCUT2D eigenvalue weighted by Gasteiger charge is -2.07. The van der Waals surface area contributed by atoms with Crippen LogP contribution >= 0.6 is 0 Å². The summed E-state index contributed by atoms with van der Waals surface area (Å²) in [4.78, 5) is 30.2. The average molecular weight is 301 g/mol. The summed E-state index contributed by atoms with van der Waals surface area (Å²) in [6.07, 6.45) is 3.92. The van der Waals surface area contributed by atoms with Crippen LogP contribution in [0.1, 0.15) is 23.1 Å². The summed E-state index contributed by atoms with van der Waals surface area (Å²) in [6.45, 7) is 1.46. The SMILES string of the molecule is CCc1ccc(-c2cnc(C(=O)NCC(=O)O)c(O)c2)cn1. The topological polar surface area (TPSA) is 112 Å². The normalized spacial score (nSPS) is 10.2. The third-order valence-corrected chi connectivity index (χ3v) is 3.00. The minimum atomic E-state index is -1.17. The van der Waals surface area contributed by atoms with Gasteiger partial charge in [0, 0.05) is 29.2 Å². The molecule has 0 radical (unpaired) electrons. The molecule has 0 atom stereocenters. The molecule has 7 heteroatoms. The first-order chi connectivity index (χ1) is 10.5. The van der Waals surface area contributed by atoms with E-state index in [1.54, 1.807) is 6.20 Å². The van der Waals surface area contributed by atoms with Gasteiger partial charge in [-0.25, -0.2) is 4.98 Å². The number of carbonyl (C=O) groups excluding carboxylic acids is 1. The Labute approximate surface area is 126 Å². The maximum absolute atomic E-state index is 11.7. The van der Waals surface area contributed by atoms with E-state index < -0.39 is 18.4 Å². The Morgan fingerprint density at radius 3 is 2.45 bits per heavy atom. The van der Waals surface area contributed by atoms with Gasteiger partial charge in [-0.15, -0.1) is 0 Å². The standard InChI is InChI=1S/C15H15N3O4/c1-2-11-4-3-9(6-16-11)10-5-12(19)14(17-7-10)15(22)18-8-13(20)21/h3-7,19H,2,8H2,1H3,(H,18,22)(H,20,21). The number of aliphatic carboxylic acids is 1. The molecule has 0 aliphatic carbocycles. The molecule has 2 rings (SSSR count). The summed E-state index contributed by atoms with van der Waals surface area (Å²) in [5, 5.41) is 20.5. The van der Waals surface area contributed by atoms with Crippen LogP contribution in [0.15, 0.2) is 30.6 Å². The van der Waals surface area contributed by atoms with Gasteiger partial charge >= 0.3 is 5.97 Å². The van der Waals surface area contributed by atoms with Crippen molar-refractivity contribution in [2.45, 2.75) is 13.3 Å². The first-order valence-corrected chi connectivity index (χ1v) is 6.65. The van der Waals surface area contributed by atoms with Gasteiger partial charge in [0.05, 0.1) is 0 Å². The molecule has 0 aliphatic rings. The van der Waals surface area contributed by atoms with E-state index in [1.165, 1.54) is 12.3 Å². The number of hydrogen-bond acceptors (Lipinski definition) is 5. The van der Waals surface area contributed by atoms with Crippen molar-refractivity contribution < 1.29 is 19.8 Å². The van der Waals surface area contributed by atoms with Crippen LogP contribution in [0.2, 0.25) is 0 Å². The second-order valence-corrected chi connectivity index (χ2v) is 4.56. The van der Waals surface area contributed by atoms with Crippen LogP contribution in [-0.4, -0.2) is 38.6 Å². The number of nitrogens with one attached hydrogen (secondary N) is 1. The van der Waals surface area contributed by atoms with Crippen LogP contribution in [0.3, 0.4) is 0 Å². The van der Waals surface area contributed by atoms with Crippen LogP contribution < -0.4 is 5.32 Å². The molecular formula is C15H15N3O4. The summed E-state index contributed by atoms with van der Waals surface area (Å²) in [7, 11) is 0. The molecule has 2 aromatic heterocycles. The summed E-state index contributed by atoms with van der Waals surface area (Å²) in [6, 6.07) is 5.12. The van der Waals surface area contributed by atoms with Crippen molar-refractivity contribution in [3.05, 3.63) is 42.0 Å². The third-order valence-electron chi connectivity index (χ3n) is 3.00. The van der Waals surface area contributed by atoms with Crippen molar-refractivity contribution in [2.75, 3.05) is 6.54 Å². The zero-order chi connectivity index (χ0) is 16.1. The number of carboxylic acid groups (broad SMARTS) is 1. The van der Waals surface area contributed by atoms with Crippen molar-refractivity contribution in [2.24, 2.45) is 0 Å². The van der Waals surface area contributed by atoms with Crippen molar-refractivity contribution in [1.29, 1.82) is 0 Å². The van der Waals surface area contributed by atoms with Crippen LogP contribution in [0.5, 0.6) is 5.75 Å². The van der Waals surface area contributed by atoms with Crippen molar-refractivity contribution >= 4 is 11.9 Å². The molecule has 22 heavy (non-hydrogen) atoms. The number of hydrogen-bond donors (Lipinski definition) is 3. The molecule has 114 valence electrons. The van der Waals surface area contributed by atoms with Gasteiger partial charge in [0.1, 0.15) is 12.3 Å². The summed E-state index contributed by atoms with van der Waals surface area (Å²) >= 11 is 0. The van der Waals surface area contributed by atoms with Crippen LogP contribution in [0.25, 0.3) is 11.1 Å². The van der Waals surface area contributed by atoms with E-state index in [4.69, 9.17) is 5.11 Å². The van der Waals surface area contributed by atoms with E-state index in [9.17, 15) is 14.7 Å². The number of aromatic nitrogens is 2. The Bertz CT molecular complexity index is 698. The Hall–Kier alpha value is -2.96. The monoisotopic (exact) mass is 301 g/mol. The van der Waals surface area contributed by atoms with Gasteiger partial charge in [-0.1, -0.05) is 13.0 Å². The largest absolute Gasteiger partial charge is 0.505 e. The zero-order valence-electron chi connectivity index (χ0n) is 11.9. The highest BCUT2D eigenvalue weighted by Gasteiger charge is 2.14. The number of carboxylic acids is 1. The van der Waals surface area contributed by atoms with E-state index in [-0.39, 0.29) is 11.4 Å². The molecule has 0 aliphatic heterocycles. The summed E-state index contributed by atoms with van der Waals surface area (Å²) < 4.78 is 0. The van der Waals surface area contributed by atoms with Crippen LogP contribution in [0, 0.1) is 0 Å². The van der Waals surface area contributed by atoms with E-state index in [0.29, 0.717) is 5.56 Å². The van der Waals surface area contributed by atoms with Gasteiger partial charge < -0.3 is 15.5 Å². The van der Waals surface area contributed by atoms with Gasteiger partial charge in [-0.3, -0.25) is 14.6 Å². The van der Waals surface area contributed by atoms with Gasteiger partial charge in [0.25, 0.3) is 5.91 Å². The molecule has 0 fully saturated rings. The van der Waals surface area contributed by atoms with Crippen molar-refractivity contribution in [3.8, 4) is 16.9 Å². The molecule has 3 N–H and O–H groups in total. The zero-order valence-corrected chi connectivity index (χ0v) is 11.9. The number of pyridine rings is 2.